The van der Waals surface area contributed by atoms with Crippen molar-refractivity contribution in [3.8, 4) is 11.5 Å². The van der Waals surface area contributed by atoms with Crippen LogP contribution in [0.15, 0.2) is 57.2 Å². The number of carboxylic acid groups (broad SMARTS) is 1. The standard InChI is InChI=1S/C26H28N6O6/c1-30-22-20(23(33)31(2)26(30)36)32(14-8-11-16-9-6-5-7-10-16)25(28-22)29-27-15-17-12-13-18(37-3)21(38-4)19(17)24(34)35/h5-7,9-10,12-13,15H,8,11,14H2,1-4H3,(H,28,29)(H,34,35)/b27-15-. The van der Waals surface area contributed by atoms with Crippen LogP contribution in [0.1, 0.15) is 27.9 Å². The van der Waals surface area contributed by atoms with Gasteiger partial charge in [-0.25, -0.2) is 15.0 Å². The number of benzene rings is 2. The number of hydrazone groups is 1. The molecular formula is C26H28N6O6. The van der Waals surface area contributed by atoms with Gasteiger partial charge in [-0.3, -0.25) is 13.9 Å². The molecule has 2 aromatic heterocycles. The molecule has 0 aliphatic rings. The van der Waals surface area contributed by atoms with E-state index in [0.717, 1.165) is 16.6 Å². The molecule has 38 heavy (non-hydrogen) atoms. The summed E-state index contributed by atoms with van der Waals surface area (Å²) < 4.78 is 14.5. The Hall–Kier alpha value is -4.87. The highest BCUT2D eigenvalue weighted by Gasteiger charge is 2.21. The van der Waals surface area contributed by atoms with Crippen molar-refractivity contribution < 1.29 is 19.4 Å². The van der Waals surface area contributed by atoms with E-state index in [2.05, 4.69) is 15.5 Å². The normalized spacial score (nSPS) is 11.3. The third-order valence-electron chi connectivity index (χ3n) is 6.20. The summed E-state index contributed by atoms with van der Waals surface area (Å²) in [6.45, 7) is 0.424. The minimum atomic E-state index is -1.21. The molecule has 12 nitrogen and oxygen atoms in total. The van der Waals surface area contributed by atoms with Crippen LogP contribution in [-0.4, -0.2) is 50.2 Å². The number of rotatable bonds is 10. The van der Waals surface area contributed by atoms with Crippen molar-refractivity contribution in [1.29, 1.82) is 0 Å². The van der Waals surface area contributed by atoms with E-state index in [0.29, 0.717) is 13.0 Å². The van der Waals surface area contributed by atoms with E-state index >= 15 is 0 Å². The maximum atomic E-state index is 13.0. The first-order valence-corrected chi connectivity index (χ1v) is 11.8. The number of fused-ring (bicyclic) bond motifs is 1. The molecule has 0 radical (unpaired) electrons. The van der Waals surface area contributed by atoms with Crippen LogP contribution in [0.2, 0.25) is 0 Å². The molecule has 0 atom stereocenters. The number of aromatic nitrogens is 4. The second-order valence-electron chi connectivity index (χ2n) is 8.49. The molecule has 0 fully saturated rings. The number of nitrogens with zero attached hydrogens (tertiary/aromatic N) is 5. The summed E-state index contributed by atoms with van der Waals surface area (Å²) in [5, 5.41) is 14.0. The zero-order valence-electron chi connectivity index (χ0n) is 21.5. The monoisotopic (exact) mass is 520 g/mol. The first kappa shape index (κ1) is 26.2. The average Bonchev–Trinajstić information content (AvgIpc) is 3.29. The summed E-state index contributed by atoms with van der Waals surface area (Å²) in [5.74, 6) is -0.642. The Bertz CT molecular complexity index is 1630. The van der Waals surface area contributed by atoms with Gasteiger partial charge < -0.3 is 19.1 Å². The molecule has 0 amide bonds. The van der Waals surface area contributed by atoms with Crippen LogP contribution >= 0.6 is 0 Å². The van der Waals surface area contributed by atoms with Crippen molar-refractivity contribution in [3.63, 3.8) is 0 Å². The van der Waals surface area contributed by atoms with Gasteiger partial charge in [0.25, 0.3) is 5.56 Å². The average molecular weight is 521 g/mol. The maximum Gasteiger partial charge on any atom is 0.340 e. The molecule has 0 bridgehead atoms. The maximum absolute atomic E-state index is 13.0. The first-order valence-electron chi connectivity index (χ1n) is 11.8. The predicted molar refractivity (Wildman–Crippen MR) is 143 cm³/mol. The van der Waals surface area contributed by atoms with E-state index in [1.165, 1.54) is 38.1 Å². The first-order chi connectivity index (χ1) is 18.3. The fourth-order valence-corrected chi connectivity index (χ4v) is 4.27. The second-order valence-corrected chi connectivity index (χ2v) is 8.49. The zero-order chi connectivity index (χ0) is 27.4. The number of carboxylic acids is 1. The number of hydrogen-bond acceptors (Lipinski definition) is 8. The van der Waals surface area contributed by atoms with Crippen LogP contribution in [0.25, 0.3) is 11.2 Å². The third-order valence-corrected chi connectivity index (χ3v) is 6.20. The van der Waals surface area contributed by atoms with Crippen LogP contribution in [-0.2, 0) is 27.1 Å². The van der Waals surface area contributed by atoms with Gasteiger partial charge in [-0.1, -0.05) is 30.3 Å². The lowest BCUT2D eigenvalue weighted by atomic mass is 10.1. The smallest absolute Gasteiger partial charge is 0.340 e. The van der Waals surface area contributed by atoms with Crippen LogP contribution < -0.4 is 26.1 Å². The van der Waals surface area contributed by atoms with E-state index in [1.807, 2.05) is 30.3 Å². The van der Waals surface area contributed by atoms with Gasteiger partial charge in [0, 0.05) is 26.2 Å². The van der Waals surface area contributed by atoms with Crippen molar-refractivity contribution in [2.45, 2.75) is 19.4 Å². The number of aromatic carboxylic acids is 1. The van der Waals surface area contributed by atoms with E-state index in [4.69, 9.17) is 9.47 Å². The summed E-state index contributed by atoms with van der Waals surface area (Å²) in [7, 11) is 5.73. The fraction of sp³-hybridized carbons (Fsp3) is 0.269. The molecule has 0 aliphatic carbocycles. The highest BCUT2D eigenvalue weighted by Crippen LogP contribution is 2.33. The number of methoxy groups -OCH3 is 2. The molecule has 198 valence electrons. The van der Waals surface area contributed by atoms with Gasteiger partial charge in [-0.15, -0.1) is 0 Å². The Morgan fingerprint density at radius 2 is 1.82 bits per heavy atom. The molecule has 0 saturated heterocycles. The largest absolute Gasteiger partial charge is 0.493 e. The van der Waals surface area contributed by atoms with E-state index in [1.54, 1.807) is 17.7 Å². The van der Waals surface area contributed by atoms with Crippen LogP contribution in [0.5, 0.6) is 11.5 Å². The predicted octanol–water partition coefficient (Wildman–Crippen LogP) is 2.23. The summed E-state index contributed by atoms with van der Waals surface area (Å²) in [6.07, 6.45) is 2.78. The minimum absolute atomic E-state index is 0.0654. The van der Waals surface area contributed by atoms with Gasteiger partial charge in [-0.2, -0.15) is 10.1 Å². The van der Waals surface area contributed by atoms with Gasteiger partial charge >= 0.3 is 11.7 Å². The summed E-state index contributed by atoms with van der Waals surface area (Å²) >= 11 is 0. The van der Waals surface area contributed by atoms with Gasteiger partial charge in [0.1, 0.15) is 5.56 Å². The van der Waals surface area contributed by atoms with Crippen molar-refractivity contribution in [2.24, 2.45) is 19.2 Å². The molecule has 2 heterocycles. The molecule has 0 spiro atoms. The Balaban J connectivity index is 1.72. The lowest BCUT2D eigenvalue weighted by Gasteiger charge is -2.12. The van der Waals surface area contributed by atoms with Crippen molar-refractivity contribution in [3.05, 3.63) is 80.0 Å². The molecule has 4 rings (SSSR count). The minimum Gasteiger partial charge on any atom is -0.493 e. The van der Waals surface area contributed by atoms with Crippen molar-refractivity contribution in [2.75, 3.05) is 19.6 Å². The second kappa shape index (κ2) is 11.0. The van der Waals surface area contributed by atoms with Crippen LogP contribution in [0, 0.1) is 0 Å². The van der Waals surface area contributed by atoms with Gasteiger partial charge in [0.05, 0.1) is 20.4 Å². The van der Waals surface area contributed by atoms with Crippen LogP contribution in [0.4, 0.5) is 5.95 Å². The van der Waals surface area contributed by atoms with E-state index in [9.17, 15) is 19.5 Å². The van der Waals surface area contributed by atoms with E-state index in [-0.39, 0.29) is 39.7 Å². The fourth-order valence-electron chi connectivity index (χ4n) is 4.27. The van der Waals surface area contributed by atoms with Gasteiger partial charge in [-0.05, 0) is 30.5 Å². The molecule has 0 unspecified atom stereocenters. The lowest BCUT2D eigenvalue weighted by molar-refractivity contribution is 0.0692. The molecule has 0 saturated carbocycles. The van der Waals surface area contributed by atoms with Crippen molar-refractivity contribution >= 4 is 29.3 Å². The number of carbonyl (C=O) groups is 1. The Morgan fingerprint density at radius 3 is 2.47 bits per heavy atom. The number of imidazole rings is 1. The third kappa shape index (κ3) is 4.88. The van der Waals surface area contributed by atoms with Crippen molar-refractivity contribution in [1.82, 2.24) is 18.7 Å². The Labute approximate surface area is 217 Å². The summed E-state index contributed by atoms with van der Waals surface area (Å²) in [6, 6.07) is 13.1. The number of nitrogens with one attached hydrogen (secondary N) is 1. The molecular weight excluding hydrogens is 492 g/mol. The molecule has 4 aromatic rings. The number of anilines is 1. The quantitative estimate of drug-likeness (QED) is 0.239. The molecule has 0 aliphatic heterocycles. The number of ether oxygens (including phenoxy) is 2. The number of hydrogen-bond donors (Lipinski definition) is 2. The molecule has 2 N–H and O–H groups in total. The molecule has 2 aromatic carbocycles. The van der Waals surface area contributed by atoms with Crippen LogP contribution in [0.3, 0.4) is 0 Å². The highest BCUT2D eigenvalue weighted by molar-refractivity contribution is 6.02. The Kier molecular flexibility index (Phi) is 7.61. The summed E-state index contributed by atoms with van der Waals surface area (Å²) in [4.78, 5) is 42.0. The highest BCUT2D eigenvalue weighted by atomic mass is 16.5. The summed E-state index contributed by atoms with van der Waals surface area (Å²) in [5.41, 5.74) is 3.62. The number of aryl methyl sites for hydroxylation is 3. The van der Waals surface area contributed by atoms with Gasteiger partial charge in [0.2, 0.25) is 5.95 Å². The zero-order valence-corrected chi connectivity index (χ0v) is 21.5. The lowest BCUT2D eigenvalue weighted by Crippen LogP contribution is -2.37. The topological polar surface area (TPSA) is 142 Å². The molecule has 12 heteroatoms. The van der Waals surface area contributed by atoms with E-state index < -0.39 is 17.2 Å². The Morgan fingerprint density at radius 1 is 1.08 bits per heavy atom. The SMILES string of the molecule is COc1ccc(/C=N\Nc2nc3c(c(=O)n(C)c(=O)n3C)n2CCCc2ccccc2)c(C(=O)O)c1OC. The van der Waals surface area contributed by atoms with Gasteiger partial charge in [0.15, 0.2) is 22.7 Å².